The predicted octanol–water partition coefficient (Wildman–Crippen LogP) is 5.49. The molecule has 0 radical (unpaired) electrons. The Kier molecular flexibility index (Phi) is 4.94. The first-order chi connectivity index (χ1) is 17.3. The Morgan fingerprint density at radius 2 is 1.83 bits per heavy atom. The fraction of sp³-hybridized carbons (Fsp3) is 0.286. The Labute approximate surface area is 203 Å². The second kappa shape index (κ2) is 8.43. The molecule has 35 heavy (non-hydrogen) atoms. The van der Waals surface area contributed by atoms with Crippen LogP contribution >= 0.6 is 0 Å². The van der Waals surface area contributed by atoms with Crippen LogP contribution in [0.15, 0.2) is 73.2 Å². The summed E-state index contributed by atoms with van der Waals surface area (Å²) in [6.07, 6.45) is 7.17. The zero-order valence-electron chi connectivity index (χ0n) is 19.4. The van der Waals surface area contributed by atoms with E-state index in [-0.39, 0.29) is 0 Å². The van der Waals surface area contributed by atoms with E-state index in [1.165, 1.54) is 26.1 Å². The third-order valence-corrected chi connectivity index (χ3v) is 7.30. The molecule has 2 aromatic carbocycles. The van der Waals surface area contributed by atoms with Gasteiger partial charge in [-0.2, -0.15) is 5.10 Å². The molecule has 0 N–H and O–H groups in total. The number of rotatable bonds is 6. The Balaban J connectivity index is 1.20. The van der Waals surface area contributed by atoms with Crippen LogP contribution in [0.5, 0.6) is 11.6 Å². The van der Waals surface area contributed by atoms with Gasteiger partial charge in [-0.3, -0.25) is 0 Å². The lowest BCUT2D eigenvalue weighted by Crippen LogP contribution is -2.44. The summed E-state index contributed by atoms with van der Waals surface area (Å²) in [6.45, 7) is 3.75. The number of benzene rings is 2. The lowest BCUT2D eigenvalue weighted by molar-refractivity contribution is 0.0880. The summed E-state index contributed by atoms with van der Waals surface area (Å²) in [6, 6.07) is 20.3. The number of likely N-dealkylation sites (tertiary alicyclic amines) is 1. The quantitative estimate of drug-likeness (QED) is 0.332. The van der Waals surface area contributed by atoms with E-state index >= 15 is 0 Å². The molecule has 0 bridgehead atoms. The van der Waals surface area contributed by atoms with Crippen LogP contribution < -0.4 is 4.74 Å². The van der Waals surface area contributed by atoms with Crippen molar-refractivity contribution in [3.05, 3.63) is 73.2 Å². The summed E-state index contributed by atoms with van der Waals surface area (Å²) in [5, 5.41) is 7.11. The minimum absolute atomic E-state index is 0.400. The maximum atomic E-state index is 5.96. The van der Waals surface area contributed by atoms with E-state index in [9.17, 15) is 0 Å². The zero-order chi connectivity index (χ0) is 23.2. The zero-order valence-corrected chi connectivity index (χ0v) is 19.4. The fourth-order valence-electron chi connectivity index (χ4n) is 5.24. The highest BCUT2D eigenvalue weighted by Crippen LogP contribution is 2.41. The van der Waals surface area contributed by atoms with Crippen LogP contribution in [0.2, 0.25) is 0 Å². The maximum Gasteiger partial charge on any atom is 0.219 e. The van der Waals surface area contributed by atoms with Gasteiger partial charge < -0.3 is 9.64 Å². The van der Waals surface area contributed by atoms with Crippen LogP contribution in [0.3, 0.4) is 0 Å². The van der Waals surface area contributed by atoms with Crippen LogP contribution in [-0.4, -0.2) is 49.3 Å². The molecule has 4 heterocycles. The van der Waals surface area contributed by atoms with Gasteiger partial charge in [0, 0.05) is 29.8 Å². The molecular formula is C28H26N6O. The summed E-state index contributed by atoms with van der Waals surface area (Å²) >= 11 is 0. The van der Waals surface area contributed by atoms with Crippen molar-refractivity contribution in [2.24, 2.45) is 5.92 Å². The molecule has 7 rings (SSSR count). The minimum atomic E-state index is 0.400. The van der Waals surface area contributed by atoms with E-state index in [0.717, 1.165) is 57.7 Å². The molecule has 1 saturated heterocycles. The molecular weight excluding hydrogens is 436 g/mol. The highest BCUT2D eigenvalue weighted by Gasteiger charge is 2.35. The lowest BCUT2D eigenvalue weighted by Gasteiger charge is -2.41. The molecule has 3 aromatic heterocycles. The SMILES string of the molecule is c1ccc(Oc2ccc3ccc(-c4nn(C5CC(CN6CCC6)C5)c5ncncc45)cc3n2)cc1. The number of ether oxygens (including phenoxy) is 1. The molecule has 174 valence electrons. The van der Waals surface area contributed by atoms with Crippen molar-refractivity contribution in [2.45, 2.75) is 25.3 Å². The van der Waals surface area contributed by atoms with Crippen molar-refractivity contribution in [1.29, 1.82) is 0 Å². The average Bonchev–Trinajstić information content (AvgIpc) is 3.22. The average molecular weight is 463 g/mol. The van der Waals surface area contributed by atoms with E-state index in [1.807, 2.05) is 48.7 Å². The summed E-state index contributed by atoms with van der Waals surface area (Å²) < 4.78 is 8.09. The van der Waals surface area contributed by atoms with Gasteiger partial charge in [0.25, 0.3) is 0 Å². The van der Waals surface area contributed by atoms with Crippen LogP contribution in [0.1, 0.15) is 25.3 Å². The van der Waals surface area contributed by atoms with Gasteiger partial charge in [0.1, 0.15) is 17.8 Å². The molecule has 5 aromatic rings. The van der Waals surface area contributed by atoms with Crippen molar-refractivity contribution in [2.75, 3.05) is 19.6 Å². The number of fused-ring (bicyclic) bond motifs is 2. The van der Waals surface area contributed by atoms with Crippen LogP contribution in [0, 0.1) is 5.92 Å². The monoisotopic (exact) mass is 462 g/mol. The van der Waals surface area contributed by atoms with E-state index in [4.69, 9.17) is 14.8 Å². The van der Waals surface area contributed by atoms with Gasteiger partial charge in [0.05, 0.1) is 16.9 Å². The van der Waals surface area contributed by atoms with Gasteiger partial charge in [-0.15, -0.1) is 0 Å². The van der Waals surface area contributed by atoms with Gasteiger partial charge in [-0.05, 0) is 62.5 Å². The van der Waals surface area contributed by atoms with E-state index < -0.39 is 0 Å². The second-order valence-electron chi connectivity index (χ2n) is 9.67. The molecule has 0 spiro atoms. The van der Waals surface area contributed by atoms with Gasteiger partial charge in [0.2, 0.25) is 5.88 Å². The smallest absolute Gasteiger partial charge is 0.219 e. The van der Waals surface area contributed by atoms with Crippen molar-refractivity contribution < 1.29 is 4.74 Å². The van der Waals surface area contributed by atoms with E-state index in [0.29, 0.717) is 11.9 Å². The largest absolute Gasteiger partial charge is 0.439 e. The summed E-state index contributed by atoms with van der Waals surface area (Å²) in [4.78, 5) is 16.2. The number of nitrogens with zero attached hydrogens (tertiary/aromatic N) is 6. The molecule has 7 nitrogen and oxygen atoms in total. The summed E-state index contributed by atoms with van der Waals surface area (Å²) in [5.74, 6) is 2.10. The molecule has 0 atom stereocenters. The highest BCUT2D eigenvalue weighted by atomic mass is 16.5. The topological polar surface area (TPSA) is 69.0 Å². The molecule has 2 fully saturated rings. The molecule has 0 amide bonds. The van der Waals surface area contributed by atoms with Gasteiger partial charge >= 0.3 is 0 Å². The predicted molar refractivity (Wildman–Crippen MR) is 135 cm³/mol. The number of hydrogen-bond donors (Lipinski definition) is 0. The molecule has 1 saturated carbocycles. The normalized spacial score (nSPS) is 20.0. The molecule has 2 aliphatic rings. The lowest BCUT2D eigenvalue weighted by atomic mass is 9.79. The first-order valence-corrected chi connectivity index (χ1v) is 12.3. The Hall–Kier alpha value is -3.84. The van der Waals surface area contributed by atoms with Crippen LogP contribution in [-0.2, 0) is 0 Å². The number of pyridine rings is 1. The highest BCUT2D eigenvalue weighted by molar-refractivity contribution is 5.93. The summed E-state index contributed by atoms with van der Waals surface area (Å²) in [5.41, 5.74) is 3.70. The first-order valence-electron chi connectivity index (χ1n) is 12.3. The van der Waals surface area contributed by atoms with E-state index in [2.05, 4.69) is 37.7 Å². The van der Waals surface area contributed by atoms with Crippen LogP contribution in [0.25, 0.3) is 33.2 Å². The Morgan fingerprint density at radius 1 is 0.971 bits per heavy atom. The van der Waals surface area contributed by atoms with Gasteiger partial charge in [-0.25, -0.2) is 19.6 Å². The Bertz CT molecular complexity index is 1500. The van der Waals surface area contributed by atoms with Crippen molar-refractivity contribution >= 4 is 21.9 Å². The number of hydrogen-bond acceptors (Lipinski definition) is 6. The van der Waals surface area contributed by atoms with Gasteiger partial charge in [-0.1, -0.05) is 30.3 Å². The maximum absolute atomic E-state index is 5.96. The molecule has 0 unspecified atom stereocenters. The third-order valence-electron chi connectivity index (χ3n) is 7.30. The summed E-state index contributed by atoms with van der Waals surface area (Å²) in [7, 11) is 0. The second-order valence-corrected chi connectivity index (χ2v) is 9.67. The van der Waals surface area contributed by atoms with Crippen LogP contribution in [0.4, 0.5) is 0 Å². The third kappa shape index (κ3) is 3.82. The number of aromatic nitrogens is 5. The van der Waals surface area contributed by atoms with Crippen molar-refractivity contribution in [1.82, 2.24) is 29.6 Å². The molecule has 1 aliphatic carbocycles. The van der Waals surface area contributed by atoms with Crippen molar-refractivity contribution in [3.8, 4) is 22.9 Å². The standard InChI is InChI=1S/C28H26N6O/c1-2-5-23(6-3-1)35-26-10-9-20-7-8-21(15-25(20)31-26)27-24-16-29-18-30-28(24)34(32-27)22-13-19(14-22)17-33-11-4-12-33/h1-3,5-10,15-16,18-19,22H,4,11-14,17H2. The number of para-hydroxylation sites is 1. The molecule has 7 heteroatoms. The van der Waals surface area contributed by atoms with E-state index in [1.54, 1.807) is 6.33 Å². The minimum Gasteiger partial charge on any atom is -0.439 e. The Morgan fingerprint density at radius 3 is 2.66 bits per heavy atom. The molecule has 1 aliphatic heterocycles. The van der Waals surface area contributed by atoms with Crippen molar-refractivity contribution in [3.63, 3.8) is 0 Å². The van der Waals surface area contributed by atoms with Gasteiger partial charge in [0.15, 0.2) is 5.65 Å². The fourth-order valence-corrected chi connectivity index (χ4v) is 5.24. The first kappa shape index (κ1) is 20.5.